The molecule has 0 atom stereocenters. The molecule has 0 fully saturated rings. The van der Waals surface area contributed by atoms with Crippen LogP contribution in [0.4, 0.5) is 4.39 Å². The number of carbonyl (C=O) groups excluding carboxylic acids is 1. The molecule has 0 bridgehead atoms. The van der Waals surface area contributed by atoms with Crippen molar-refractivity contribution in [3.05, 3.63) is 83.3 Å². The van der Waals surface area contributed by atoms with Crippen molar-refractivity contribution in [1.29, 1.82) is 0 Å². The lowest BCUT2D eigenvalue weighted by molar-refractivity contribution is 0.0944. The third kappa shape index (κ3) is 3.32. The molecule has 1 aromatic carbocycles. The fourth-order valence-electron chi connectivity index (χ4n) is 2.49. The van der Waals surface area contributed by atoms with E-state index < -0.39 is 0 Å². The van der Waals surface area contributed by atoms with Gasteiger partial charge in [-0.1, -0.05) is 12.1 Å². The molecule has 1 amide bonds. The van der Waals surface area contributed by atoms with Crippen molar-refractivity contribution in [2.75, 3.05) is 0 Å². The number of rotatable bonds is 5. The summed E-state index contributed by atoms with van der Waals surface area (Å²) in [5.41, 5.74) is 4.38. The Hall–Kier alpha value is -2.86. The zero-order chi connectivity index (χ0) is 16.2. The SMILES string of the molecule is NNC(=O)c1ccc(Cc2ccco2)n1Cc1ccc(F)cc1. The van der Waals surface area contributed by atoms with E-state index in [0.717, 1.165) is 17.0 Å². The van der Waals surface area contributed by atoms with Crippen LogP contribution in [-0.2, 0) is 13.0 Å². The van der Waals surface area contributed by atoms with E-state index in [-0.39, 0.29) is 11.7 Å². The first-order chi connectivity index (χ1) is 11.2. The molecule has 2 aromatic heterocycles. The molecule has 5 nitrogen and oxygen atoms in total. The van der Waals surface area contributed by atoms with Crippen LogP contribution in [-0.4, -0.2) is 10.5 Å². The third-order valence-corrected chi connectivity index (χ3v) is 3.62. The topological polar surface area (TPSA) is 73.2 Å². The number of nitrogens with zero attached hydrogens (tertiary/aromatic N) is 1. The molecule has 0 spiro atoms. The number of hydrogen-bond donors (Lipinski definition) is 2. The minimum absolute atomic E-state index is 0.294. The molecule has 3 rings (SSSR count). The van der Waals surface area contributed by atoms with Crippen molar-refractivity contribution in [2.45, 2.75) is 13.0 Å². The van der Waals surface area contributed by atoms with Crippen LogP contribution < -0.4 is 11.3 Å². The van der Waals surface area contributed by atoms with Gasteiger partial charge < -0.3 is 8.98 Å². The normalized spacial score (nSPS) is 10.7. The maximum absolute atomic E-state index is 13.1. The summed E-state index contributed by atoms with van der Waals surface area (Å²) in [5, 5.41) is 0. The van der Waals surface area contributed by atoms with E-state index in [0.29, 0.717) is 18.7 Å². The predicted octanol–water partition coefficient (Wildman–Crippen LogP) is 2.46. The smallest absolute Gasteiger partial charge is 0.281 e. The monoisotopic (exact) mass is 313 g/mol. The van der Waals surface area contributed by atoms with Gasteiger partial charge in [-0.05, 0) is 42.0 Å². The van der Waals surface area contributed by atoms with E-state index in [4.69, 9.17) is 10.3 Å². The average molecular weight is 313 g/mol. The lowest BCUT2D eigenvalue weighted by Crippen LogP contribution is -2.32. The Morgan fingerprint density at radius 3 is 2.61 bits per heavy atom. The van der Waals surface area contributed by atoms with Crippen LogP contribution in [0.2, 0.25) is 0 Å². The second-order valence-electron chi connectivity index (χ2n) is 5.15. The first-order valence-electron chi connectivity index (χ1n) is 7.13. The molecule has 2 heterocycles. The van der Waals surface area contributed by atoms with Crippen molar-refractivity contribution >= 4 is 5.91 Å². The molecule has 118 valence electrons. The highest BCUT2D eigenvalue weighted by Crippen LogP contribution is 2.17. The van der Waals surface area contributed by atoms with Crippen molar-refractivity contribution in [2.24, 2.45) is 5.84 Å². The second-order valence-corrected chi connectivity index (χ2v) is 5.15. The molecular formula is C17H16FN3O2. The van der Waals surface area contributed by atoms with Gasteiger partial charge in [0.25, 0.3) is 5.91 Å². The molecule has 0 aliphatic rings. The van der Waals surface area contributed by atoms with Gasteiger partial charge in [-0.15, -0.1) is 0 Å². The molecule has 0 aliphatic heterocycles. The van der Waals surface area contributed by atoms with Crippen LogP contribution >= 0.6 is 0 Å². The Morgan fingerprint density at radius 2 is 1.96 bits per heavy atom. The summed E-state index contributed by atoms with van der Waals surface area (Å²) >= 11 is 0. The molecule has 6 heteroatoms. The molecule has 0 saturated carbocycles. The molecule has 0 unspecified atom stereocenters. The van der Waals surface area contributed by atoms with Gasteiger partial charge in [-0.25, -0.2) is 10.2 Å². The molecule has 0 radical (unpaired) electrons. The maximum Gasteiger partial charge on any atom is 0.281 e. The number of hydrazine groups is 1. The number of halogens is 1. The fourth-order valence-corrected chi connectivity index (χ4v) is 2.49. The van der Waals surface area contributed by atoms with Crippen LogP contribution in [0, 0.1) is 5.82 Å². The summed E-state index contributed by atoms with van der Waals surface area (Å²) in [5.74, 6) is 5.37. The molecule has 0 aliphatic carbocycles. The van der Waals surface area contributed by atoms with Crippen LogP contribution in [0.3, 0.4) is 0 Å². The van der Waals surface area contributed by atoms with E-state index in [9.17, 15) is 9.18 Å². The molecule has 23 heavy (non-hydrogen) atoms. The first-order valence-corrected chi connectivity index (χ1v) is 7.13. The van der Waals surface area contributed by atoms with E-state index >= 15 is 0 Å². The highest BCUT2D eigenvalue weighted by molar-refractivity contribution is 5.92. The average Bonchev–Trinajstić information content (AvgIpc) is 3.20. The number of carbonyl (C=O) groups is 1. The van der Waals surface area contributed by atoms with Gasteiger partial charge in [0.2, 0.25) is 0 Å². The summed E-state index contributed by atoms with van der Waals surface area (Å²) in [6, 6.07) is 13.4. The van der Waals surface area contributed by atoms with E-state index in [1.165, 1.54) is 12.1 Å². The third-order valence-electron chi connectivity index (χ3n) is 3.62. The second kappa shape index (κ2) is 6.50. The van der Waals surface area contributed by atoms with E-state index in [1.807, 2.05) is 22.8 Å². The minimum atomic E-state index is -0.377. The van der Waals surface area contributed by atoms with Gasteiger partial charge in [0.05, 0.1) is 6.26 Å². The summed E-state index contributed by atoms with van der Waals surface area (Å²) in [6.45, 7) is 0.437. The zero-order valence-electron chi connectivity index (χ0n) is 12.3. The summed E-state index contributed by atoms with van der Waals surface area (Å²) in [6.07, 6.45) is 2.15. The van der Waals surface area contributed by atoms with Gasteiger partial charge in [0, 0.05) is 18.7 Å². The van der Waals surface area contributed by atoms with Gasteiger partial charge in [0.15, 0.2) is 0 Å². The lowest BCUT2D eigenvalue weighted by Gasteiger charge is -2.12. The van der Waals surface area contributed by atoms with Crippen molar-refractivity contribution < 1.29 is 13.6 Å². The Balaban J connectivity index is 1.95. The Morgan fingerprint density at radius 1 is 1.17 bits per heavy atom. The molecule has 3 aromatic rings. The van der Waals surface area contributed by atoms with Gasteiger partial charge in [-0.3, -0.25) is 10.2 Å². The number of nitrogens with two attached hydrogens (primary N) is 1. The molecule has 0 saturated heterocycles. The van der Waals surface area contributed by atoms with Gasteiger partial charge in [0.1, 0.15) is 17.3 Å². The van der Waals surface area contributed by atoms with Crippen molar-refractivity contribution in [3.63, 3.8) is 0 Å². The van der Waals surface area contributed by atoms with Crippen LogP contribution in [0.1, 0.15) is 27.5 Å². The maximum atomic E-state index is 13.1. The lowest BCUT2D eigenvalue weighted by atomic mass is 10.2. The fraction of sp³-hybridized carbons (Fsp3) is 0.118. The molecular weight excluding hydrogens is 297 g/mol. The van der Waals surface area contributed by atoms with Crippen LogP contribution in [0.25, 0.3) is 0 Å². The quantitative estimate of drug-likeness (QED) is 0.432. The van der Waals surface area contributed by atoms with Crippen LogP contribution in [0.15, 0.2) is 59.2 Å². The Kier molecular flexibility index (Phi) is 4.25. The number of hydrogen-bond acceptors (Lipinski definition) is 3. The number of amides is 1. The zero-order valence-corrected chi connectivity index (χ0v) is 12.3. The van der Waals surface area contributed by atoms with Crippen molar-refractivity contribution in [1.82, 2.24) is 9.99 Å². The first kappa shape index (κ1) is 15.1. The Labute approximate surface area is 132 Å². The van der Waals surface area contributed by atoms with Crippen LogP contribution in [0.5, 0.6) is 0 Å². The number of furan rings is 1. The number of nitrogen functional groups attached to an aromatic ring is 1. The molecule has 3 N–H and O–H groups in total. The largest absolute Gasteiger partial charge is 0.469 e. The highest BCUT2D eigenvalue weighted by Gasteiger charge is 2.15. The summed E-state index contributed by atoms with van der Waals surface area (Å²) < 4.78 is 20.3. The highest BCUT2D eigenvalue weighted by atomic mass is 19.1. The summed E-state index contributed by atoms with van der Waals surface area (Å²) in [4.78, 5) is 12.0. The minimum Gasteiger partial charge on any atom is -0.469 e. The standard InChI is InChI=1S/C17H16FN3O2/c18-13-5-3-12(4-6-13)11-21-14(10-15-2-1-9-23-15)7-8-16(21)17(22)20-19/h1-9H,10-11,19H2,(H,20,22). The summed E-state index contributed by atoms with van der Waals surface area (Å²) in [7, 11) is 0. The number of nitrogens with one attached hydrogen (secondary N) is 1. The number of benzene rings is 1. The van der Waals surface area contributed by atoms with Gasteiger partial charge >= 0.3 is 0 Å². The predicted molar refractivity (Wildman–Crippen MR) is 83.1 cm³/mol. The van der Waals surface area contributed by atoms with E-state index in [2.05, 4.69) is 5.43 Å². The van der Waals surface area contributed by atoms with E-state index in [1.54, 1.807) is 24.5 Å². The van der Waals surface area contributed by atoms with Crippen molar-refractivity contribution in [3.8, 4) is 0 Å². The number of aromatic nitrogens is 1. The van der Waals surface area contributed by atoms with Gasteiger partial charge in [-0.2, -0.15) is 0 Å². The Bertz CT molecular complexity index is 792.